The van der Waals surface area contributed by atoms with E-state index in [0.29, 0.717) is 37.5 Å². The number of allylic oxidation sites excluding steroid dienone is 4. The van der Waals surface area contributed by atoms with Crippen molar-refractivity contribution in [3.63, 3.8) is 0 Å². The summed E-state index contributed by atoms with van der Waals surface area (Å²) >= 11 is 0. The molecule has 38 heavy (non-hydrogen) atoms. The van der Waals surface area contributed by atoms with E-state index in [9.17, 15) is 9.59 Å². The second-order valence-corrected chi connectivity index (χ2v) is 12.5. The van der Waals surface area contributed by atoms with Crippen molar-refractivity contribution in [2.75, 3.05) is 13.7 Å². The number of hydrogen-bond acceptors (Lipinski definition) is 5. The zero-order chi connectivity index (χ0) is 27.2. The molecule has 2 aromatic rings. The van der Waals surface area contributed by atoms with E-state index in [0.717, 1.165) is 40.9 Å². The molecule has 1 heterocycles. The molecule has 0 bridgehead atoms. The first-order valence-electron chi connectivity index (χ1n) is 13.7. The fraction of sp³-hybridized carbons (Fsp3) is 0.455. The highest BCUT2D eigenvalue weighted by Crippen LogP contribution is 2.55. The fourth-order valence-electron chi connectivity index (χ4n) is 6.48. The maximum Gasteiger partial charge on any atom is 0.162 e. The topological polar surface area (TPSA) is 55.8 Å². The van der Waals surface area contributed by atoms with Crippen molar-refractivity contribution < 1.29 is 19.1 Å². The average molecular weight is 514 g/mol. The van der Waals surface area contributed by atoms with Gasteiger partial charge in [0.25, 0.3) is 0 Å². The Morgan fingerprint density at radius 3 is 1.92 bits per heavy atom. The number of benzene rings is 2. The molecule has 200 valence electrons. The summed E-state index contributed by atoms with van der Waals surface area (Å²) in [5.41, 5.74) is 5.46. The van der Waals surface area contributed by atoms with E-state index >= 15 is 0 Å². The monoisotopic (exact) mass is 513 g/mol. The van der Waals surface area contributed by atoms with Gasteiger partial charge in [-0.2, -0.15) is 0 Å². The first-order chi connectivity index (χ1) is 18.0. The van der Waals surface area contributed by atoms with Gasteiger partial charge in [-0.05, 0) is 53.9 Å². The number of ketones is 2. The van der Waals surface area contributed by atoms with E-state index in [2.05, 4.69) is 44.7 Å². The Kier molecular flexibility index (Phi) is 6.75. The number of carbonyl (C=O) groups is 2. The van der Waals surface area contributed by atoms with Crippen LogP contribution in [-0.4, -0.2) is 30.2 Å². The molecular formula is C33H39NO4. The highest BCUT2D eigenvalue weighted by Gasteiger charge is 2.49. The number of rotatable bonds is 6. The lowest BCUT2D eigenvalue weighted by molar-refractivity contribution is -0.119. The van der Waals surface area contributed by atoms with E-state index < -0.39 is 5.92 Å². The van der Waals surface area contributed by atoms with Gasteiger partial charge in [0.05, 0.1) is 13.7 Å². The number of carbonyl (C=O) groups excluding carboxylic acids is 2. The number of ether oxygens (including phenoxy) is 2. The number of nitrogens with zero attached hydrogens (tertiary/aromatic N) is 1. The third kappa shape index (κ3) is 4.79. The number of Topliss-reactive ketones (excluding diaryl/α,β-unsaturated/α-hetero) is 2. The van der Waals surface area contributed by atoms with Crippen LogP contribution in [0.3, 0.4) is 0 Å². The lowest BCUT2D eigenvalue weighted by Crippen LogP contribution is -2.44. The Bertz CT molecular complexity index is 1280. The standard InChI is InChI=1S/C33H39NO4/c1-7-38-28-15-22(13-14-27(28)37-6)29-30-23(16-32(2,3)18-25(30)35)34(20-21-11-9-8-10-12-21)24-17-33(4,5)19-26(36)31(24)29/h8-15,29H,7,16-20H2,1-6H3. The van der Waals surface area contributed by atoms with Crippen LogP contribution in [0.5, 0.6) is 11.5 Å². The van der Waals surface area contributed by atoms with Crippen molar-refractivity contribution in [3.05, 3.63) is 82.2 Å². The first-order valence-corrected chi connectivity index (χ1v) is 13.7. The number of hydrogen-bond donors (Lipinski definition) is 0. The molecule has 3 aliphatic rings. The molecule has 0 fully saturated rings. The Labute approximate surface area is 226 Å². The van der Waals surface area contributed by atoms with Crippen LogP contribution in [0.15, 0.2) is 71.1 Å². The smallest absolute Gasteiger partial charge is 0.162 e. The van der Waals surface area contributed by atoms with Crippen molar-refractivity contribution >= 4 is 11.6 Å². The fourth-order valence-corrected chi connectivity index (χ4v) is 6.48. The highest BCUT2D eigenvalue weighted by molar-refractivity contribution is 6.06. The van der Waals surface area contributed by atoms with Gasteiger partial charge in [-0.3, -0.25) is 9.59 Å². The minimum Gasteiger partial charge on any atom is -0.493 e. The van der Waals surface area contributed by atoms with E-state index in [1.54, 1.807) is 7.11 Å². The molecule has 0 amide bonds. The zero-order valence-electron chi connectivity index (χ0n) is 23.5. The molecule has 5 nitrogen and oxygen atoms in total. The second kappa shape index (κ2) is 9.76. The predicted molar refractivity (Wildman–Crippen MR) is 149 cm³/mol. The molecule has 0 spiro atoms. The molecule has 0 N–H and O–H groups in total. The third-order valence-electron chi connectivity index (χ3n) is 8.03. The summed E-state index contributed by atoms with van der Waals surface area (Å²) < 4.78 is 11.5. The van der Waals surface area contributed by atoms with Crippen molar-refractivity contribution in [1.29, 1.82) is 0 Å². The van der Waals surface area contributed by atoms with Gasteiger partial charge in [0.15, 0.2) is 23.1 Å². The zero-order valence-corrected chi connectivity index (χ0v) is 23.5. The third-order valence-corrected chi connectivity index (χ3v) is 8.03. The van der Waals surface area contributed by atoms with Crippen LogP contribution in [0.25, 0.3) is 0 Å². The highest BCUT2D eigenvalue weighted by atomic mass is 16.5. The van der Waals surface area contributed by atoms with Crippen LogP contribution in [0.2, 0.25) is 0 Å². The Hall–Kier alpha value is -3.34. The summed E-state index contributed by atoms with van der Waals surface area (Å²) in [5.74, 6) is 1.15. The molecule has 0 saturated heterocycles. The van der Waals surface area contributed by atoms with Crippen LogP contribution in [-0.2, 0) is 16.1 Å². The van der Waals surface area contributed by atoms with Crippen LogP contribution in [0.1, 0.15) is 77.3 Å². The lowest BCUT2D eigenvalue weighted by atomic mass is 9.63. The molecule has 2 aromatic carbocycles. The predicted octanol–water partition coefficient (Wildman–Crippen LogP) is 6.98. The van der Waals surface area contributed by atoms with E-state index in [1.165, 1.54) is 5.56 Å². The molecule has 0 aromatic heterocycles. The van der Waals surface area contributed by atoms with Gasteiger partial charge < -0.3 is 14.4 Å². The lowest BCUT2D eigenvalue weighted by Gasteiger charge is -2.49. The SMILES string of the molecule is CCOc1cc(C2C3=C(CC(C)(C)CC3=O)N(Cc3ccccc3)C3=C2C(=O)CC(C)(C)C3)ccc1OC. The van der Waals surface area contributed by atoms with Crippen molar-refractivity contribution in [2.24, 2.45) is 10.8 Å². The average Bonchev–Trinajstić information content (AvgIpc) is 2.84. The Morgan fingerprint density at radius 1 is 0.816 bits per heavy atom. The summed E-state index contributed by atoms with van der Waals surface area (Å²) in [4.78, 5) is 30.3. The molecular weight excluding hydrogens is 474 g/mol. The van der Waals surface area contributed by atoms with Gasteiger partial charge in [-0.1, -0.05) is 64.1 Å². The van der Waals surface area contributed by atoms with Crippen molar-refractivity contribution in [2.45, 2.75) is 72.8 Å². The minimum absolute atomic E-state index is 0.136. The second-order valence-electron chi connectivity index (χ2n) is 12.5. The number of methoxy groups -OCH3 is 1. The van der Waals surface area contributed by atoms with Crippen LogP contribution < -0.4 is 9.47 Å². The minimum atomic E-state index is -0.399. The molecule has 0 saturated carbocycles. The van der Waals surface area contributed by atoms with Crippen LogP contribution in [0, 0.1) is 10.8 Å². The van der Waals surface area contributed by atoms with Crippen molar-refractivity contribution in [1.82, 2.24) is 4.90 Å². The van der Waals surface area contributed by atoms with E-state index in [4.69, 9.17) is 9.47 Å². The summed E-state index contributed by atoms with van der Waals surface area (Å²) in [5, 5.41) is 0. The Balaban J connectivity index is 1.76. The van der Waals surface area contributed by atoms with E-state index in [-0.39, 0.29) is 22.4 Å². The van der Waals surface area contributed by atoms with Gasteiger partial charge in [0, 0.05) is 47.8 Å². The summed E-state index contributed by atoms with van der Waals surface area (Å²) in [6, 6.07) is 16.2. The van der Waals surface area contributed by atoms with Crippen LogP contribution in [0.4, 0.5) is 0 Å². The largest absolute Gasteiger partial charge is 0.493 e. The summed E-state index contributed by atoms with van der Waals surface area (Å²) in [6.45, 7) is 11.8. The quantitative estimate of drug-likeness (QED) is 0.417. The van der Waals surface area contributed by atoms with E-state index in [1.807, 2.05) is 43.3 Å². The van der Waals surface area contributed by atoms with Gasteiger partial charge in [-0.15, -0.1) is 0 Å². The molecule has 0 radical (unpaired) electrons. The van der Waals surface area contributed by atoms with Crippen LogP contribution >= 0.6 is 0 Å². The maximum atomic E-state index is 14.0. The van der Waals surface area contributed by atoms with Gasteiger partial charge in [-0.25, -0.2) is 0 Å². The normalized spacial score (nSPS) is 20.8. The van der Waals surface area contributed by atoms with Gasteiger partial charge in [0.2, 0.25) is 0 Å². The summed E-state index contributed by atoms with van der Waals surface area (Å²) in [7, 11) is 1.63. The first kappa shape index (κ1) is 26.3. The molecule has 1 aliphatic heterocycles. The molecule has 0 unspecified atom stereocenters. The van der Waals surface area contributed by atoms with Gasteiger partial charge >= 0.3 is 0 Å². The van der Waals surface area contributed by atoms with Crippen molar-refractivity contribution in [3.8, 4) is 11.5 Å². The molecule has 0 atom stereocenters. The summed E-state index contributed by atoms with van der Waals surface area (Å²) in [6.07, 6.45) is 2.52. The molecule has 5 rings (SSSR count). The molecule has 5 heteroatoms. The molecule has 2 aliphatic carbocycles. The van der Waals surface area contributed by atoms with Gasteiger partial charge in [0.1, 0.15) is 0 Å². The Morgan fingerprint density at radius 2 is 1.39 bits per heavy atom. The maximum absolute atomic E-state index is 14.0.